The maximum absolute atomic E-state index is 8.35. The zero-order valence-corrected chi connectivity index (χ0v) is 15.0. The monoisotopic (exact) mass is 333 g/mol. The van der Waals surface area contributed by atoms with Crippen molar-refractivity contribution < 1.29 is 5.11 Å². The van der Waals surface area contributed by atoms with Crippen molar-refractivity contribution in [2.24, 2.45) is 0 Å². The van der Waals surface area contributed by atoms with E-state index < -0.39 is 0 Å². The molecule has 3 rings (SSSR count). The number of aliphatic hydroxyl groups excluding tert-OH is 1. The van der Waals surface area contributed by atoms with Crippen molar-refractivity contribution >= 4 is 12.7 Å². The van der Waals surface area contributed by atoms with E-state index in [0.717, 1.165) is 12.7 Å². The molecular formula is C21H26BN2O. The Hall–Kier alpha value is -2.33. The van der Waals surface area contributed by atoms with Gasteiger partial charge in [-0.05, 0) is 23.5 Å². The highest BCUT2D eigenvalue weighted by Gasteiger charge is 2.00. The molecule has 129 valence electrons. The van der Waals surface area contributed by atoms with E-state index in [1.807, 2.05) is 0 Å². The van der Waals surface area contributed by atoms with E-state index in [0.29, 0.717) is 5.92 Å². The molecule has 3 aromatic rings. The van der Waals surface area contributed by atoms with Gasteiger partial charge in [-0.2, -0.15) is 0 Å². The number of hydrogen-bond acceptors (Lipinski definition) is 2. The van der Waals surface area contributed by atoms with Crippen LogP contribution in [0, 0.1) is 0 Å². The number of aliphatic hydroxyl groups is 1. The molecule has 0 saturated carbocycles. The van der Waals surface area contributed by atoms with Gasteiger partial charge in [-0.25, -0.2) is 4.98 Å². The third-order valence-corrected chi connectivity index (χ3v) is 3.98. The van der Waals surface area contributed by atoms with Gasteiger partial charge in [0, 0.05) is 12.4 Å². The van der Waals surface area contributed by atoms with E-state index in [1.54, 1.807) is 23.3 Å². The van der Waals surface area contributed by atoms with Gasteiger partial charge in [-0.3, -0.25) is 0 Å². The number of rotatable bonds is 6. The predicted octanol–water partition coefficient (Wildman–Crippen LogP) is 3.63. The standard InChI is InChI=1S/C17H20B.C4H6N2O/c1-14(2)16-8-10-17(11-9-16)18-13-12-15-6-4-3-5-7-15;7-4-6-2-1-5-3-6/h3-11,14H,12-13H2,1-2H3;1-3,7H,4H2. The van der Waals surface area contributed by atoms with Crippen LogP contribution < -0.4 is 5.46 Å². The van der Waals surface area contributed by atoms with E-state index in [2.05, 4.69) is 80.7 Å². The fourth-order valence-electron chi connectivity index (χ4n) is 2.44. The third kappa shape index (κ3) is 6.98. The van der Waals surface area contributed by atoms with E-state index in [-0.39, 0.29) is 6.73 Å². The topological polar surface area (TPSA) is 38.0 Å². The summed E-state index contributed by atoms with van der Waals surface area (Å²) in [6.07, 6.45) is 7.09. The summed E-state index contributed by atoms with van der Waals surface area (Å²) < 4.78 is 1.57. The average Bonchev–Trinajstić information content (AvgIpc) is 3.17. The minimum Gasteiger partial charge on any atom is -0.376 e. The van der Waals surface area contributed by atoms with Gasteiger partial charge in [0.15, 0.2) is 7.28 Å². The molecule has 1 heterocycles. The lowest BCUT2D eigenvalue weighted by atomic mass is 9.65. The first-order valence-electron chi connectivity index (χ1n) is 8.72. The van der Waals surface area contributed by atoms with Crippen LogP contribution in [0.5, 0.6) is 0 Å². The maximum Gasteiger partial charge on any atom is 0.151 e. The van der Waals surface area contributed by atoms with E-state index in [4.69, 9.17) is 5.11 Å². The molecule has 0 aliphatic heterocycles. The van der Waals surface area contributed by atoms with Gasteiger partial charge in [0.1, 0.15) is 6.73 Å². The summed E-state index contributed by atoms with van der Waals surface area (Å²) in [5.74, 6) is 0.614. The smallest absolute Gasteiger partial charge is 0.151 e. The molecule has 1 N–H and O–H groups in total. The molecule has 25 heavy (non-hydrogen) atoms. The van der Waals surface area contributed by atoms with Crippen LogP contribution in [0.15, 0.2) is 73.3 Å². The van der Waals surface area contributed by atoms with Crippen LogP contribution >= 0.6 is 0 Å². The van der Waals surface area contributed by atoms with E-state index in [9.17, 15) is 0 Å². The summed E-state index contributed by atoms with van der Waals surface area (Å²) in [7, 11) is 2.32. The first kappa shape index (κ1) is 19.0. The molecule has 1 radical (unpaired) electrons. The highest BCUT2D eigenvalue weighted by atomic mass is 16.3. The first-order chi connectivity index (χ1) is 12.2. The molecule has 0 saturated heterocycles. The van der Waals surface area contributed by atoms with Gasteiger partial charge < -0.3 is 9.67 Å². The van der Waals surface area contributed by atoms with Gasteiger partial charge >= 0.3 is 0 Å². The highest BCUT2D eigenvalue weighted by molar-refractivity contribution is 6.53. The molecule has 0 amide bonds. The Morgan fingerprint density at radius 2 is 1.76 bits per heavy atom. The molecule has 0 fully saturated rings. The molecule has 1 aromatic heterocycles. The molecule has 0 atom stereocenters. The Kier molecular flexibility index (Phi) is 8.00. The molecule has 0 aliphatic carbocycles. The van der Waals surface area contributed by atoms with Crippen molar-refractivity contribution in [3.05, 3.63) is 84.4 Å². The van der Waals surface area contributed by atoms with Gasteiger partial charge in [0.05, 0.1) is 6.33 Å². The number of imidazole rings is 1. The summed E-state index contributed by atoms with van der Waals surface area (Å²) >= 11 is 0. The minimum absolute atomic E-state index is 0.0139. The average molecular weight is 333 g/mol. The predicted molar refractivity (Wildman–Crippen MR) is 105 cm³/mol. The van der Waals surface area contributed by atoms with Gasteiger partial charge in [-0.15, -0.1) is 0 Å². The summed E-state index contributed by atoms with van der Waals surface area (Å²) in [4.78, 5) is 3.70. The number of benzene rings is 2. The molecule has 2 aromatic carbocycles. The largest absolute Gasteiger partial charge is 0.376 e. The number of hydrogen-bond donors (Lipinski definition) is 1. The van der Waals surface area contributed by atoms with Crippen molar-refractivity contribution in [1.82, 2.24) is 9.55 Å². The second kappa shape index (κ2) is 10.5. The summed E-state index contributed by atoms with van der Waals surface area (Å²) in [6, 6.07) is 19.6. The van der Waals surface area contributed by atoms with Gasteiger partial charge in [0.2, 0.25) is 0 Å². The van der Waals surface area contributed by atoms with Crippen LogP contribution in [0.1, 0.15) is 30.9 Å². The summed E-state index contributed by atoms with van der Waals surface area (Å²) in [5.41, 5.74) is 4.15. The van der Waals surface area contributed by atoms with Gasteiger partial charge in [-0.1, -0.05) is 80.2 Å². The third-order valence-electron chi connectivity index (χ3n) is 3.98. The first-order valence-corrected chi connectivity index (χ1v) is 8.72. The SMILES string of the molecule is CC(C)c1ccc([B]CCc2ccccc2)cc1.OCn1ccnc1. The van der Waals surface area contributed by atoms with Crippen molar-refractivity contribution in [1.29, 1.82) is 0 Å². The van der Waals surface area contributed by atoms with E-state index in [1.165, 1.54) is 16.6 Å². The second-order valence-corrected chi connectivity index (χ2v) is 6.27. The zero-order valence-electron chi connectivity index (χ0n) is 15.0. The van der Waals surface area contributed by atoms with Gasteiger partial charge in [0.25, 0.3) is 0 Å². The van der Waals surface area contributed by atoms with Crippen molar-refractivity contribution in [3.63, 3.8) is 0 Å². The Balaban J connectivity index is 0.000000269. The van der Waals surface area contributed by atoms with Crippen molar-refractivity contribution in [2.45, 2.75) is 39.2 Å². The van der Waals surface area contributed by atoms with Crippen molar-refractivity contribution in [3.8, 4) is 0 Å². The molecule has 0 spiro atoms. The molecule has 0 bridgehead atoms. The fraction of sp³-hybridized carbons (Fsp3) is 0.286. The Morgan fingerprint density at radius 3 is 2.28 bits per heavy atom. The molecule has 0 unspecified atom stereocenters. The van der Waals surface area contributed by atoms with Crippen LogP contribution in [0.25, 0.3) is 0 Å². The number of aromatic nitrogens is 2. The maximum atomic E-state index is 8.35. The Bertz CT molecular complexity index is 695. The lowest BCUT2D eigenvalue weighted by Crippen LogP contribution is -2.14. The van der Waals surface area contributed by atoms with Crippen LogP contribution in [-0.4, -0.2) is 21.9 Å². The quantitative estimate of drug-likeness (QED) is 0.700. The molecular weight excluding hydrogens is 307 g/mol. The Morgan fingerprint density at radius 1 is 1.04 bits per heavy atom. The minimum atomic E-state index is 0.0139. The highest BCUT2D eigenvalue weighted by Crippen LogP contribution is 2.11. The van der Waals surface area contributed by atoms with Crippen LogP contribution in [-0.2, 0) is 13.2 Å². The number of aryl methyl sites for hydroxylation is 1. The lowest BCUT2D eigenvalue weighted by molar-refractivity contribution is 0.210. The zero-order chi connectivity index (χ0) is 17.9. The molecule has 3 nitrogen and oxygen atoms in total. The van der Waals surface area contributed by atoms with Crippen molar-refractivity contribution in [2.75, 3.05) is 0 Å². The molecule has 4 heteroatoms. The summed E-state index contributed by atoms with van der Waals surface area (Å²) in [6.45, 7) is 4.47. The second-order valence-electron chi connectivity index (χ2n) is 6.27. The normalized spacial score (nSPS) is 10.2. The van der Waals surface area contributed by atoms with Crippen LogP contribution in [0.2, 0.25) is 6.32 Å². The van der Waals surface area contributed by atoms with Crippen LogP contribution in [0.3, 0.4) is 0 Å². The Labute approximate surface area is 151 Å². The summed E-state index contributed by atoms with van der Waals surface area (Å²) in [5, 5.41) is 8.35. The van der Waals surface area contributed by atoms with Crippen LogP contribution in [0.4, 0.5) is 0 Å². The fourth-order valence-corrected chi connectivity index (χ4v) is 2.44. The molecule has 0 aliphatic rings. The van der Waals surface area contributed by atoms with E-state index >= 15 is 0 Å². The lowest BCUT2D eigenvalue weighted by Gasteiger charge is -2.06. The number of nitrogens with zero attached hydrogens (tertiary/aromatic N) is 2.